The highest BCUT2D eigenvalue weighted by Gasteiger charge is 2.33. The van der Waals surface area contributed by atoms with E-state index in [1.807, 2.05) is 17.5 Å². The van der Waals surface area contributed by atoms with Crippen LogP contribution in [-0.2, 0) is 11.3 Å². The lowest BCUT2D eigenvalue weighted by Crippen LogP contribution is -2.48. The van der Waals surface area contributed by atoms with Crippen LogP contribution in [0.25, 0.3) is 0 Å². The molecule has 0 spiro atoms. The summed E-state index contributed by atoms with van der Waals surface area (Å²) >= 11 is 0. The number of hydrogen-bond acceptors (Lipinski definition) is 5. The van der Waals surface area contributed by atoms with Crippen molar-refractivity contribution in [3.05, 3.63) is 43.3 Å². The highest BCUT2D eigenvalue weighted by molar-refractivity contribution is 5.10. The number of aromatic nitrogens is 2. The van der Waals surface area contributed by atoms with Crippen LogP contribution in [0.3, 0.4) is 0 Å². The molecule has 0 saturated heterocycles. The number of hydrogen-bond donors (Lipinski definition) is 2. The fourth-order valence-electron chi connectivity index (χ4n) is 3.91. The molecule has 8 nitrogen and oxygen atoms in total. The molecule has 1 aromatic heterocycles. The Bertz CT molecular complexity index is 622. The van der Waals surface area contributed by atoms with E-state index in [1.165, 1.54) is 12.8 Å². The van der Waals surface area contributed by atoms with Gasteiger partial charge in [0.2, 0.25) is 0 Å². The largest absolute Gasteiger partial charge is 0.496 e. The second-order valence-electron chi connectivity index (χ2n) is 7.19. The Kier molecular flexibility index (Phi) is 7.27. The average molecular weight is 374 g/mol. The molecule has 1 saturated carbocycles. The Morgan fingerprint density at radius 3 is 2.93 bits per heavy atom. The molecular formula is C19H31N7O. The molecule has 0 bridgehead atoms. The van der Waals surface area contributed by atoms with Gasteiger partial charge in [-0.25, -0.2) is 9.99 Å². The van der Waals surface area contributed by atoms with Crippen LogP contribution >= 0.6 is 0 Å². The fourth-order valence-corrected chi connectivity index (χ4v) is 3.91. The lowest BCUT2D eigenvalue weighted by atomic mass is 10.0. The van der Waals surface area contributed by atoms with Gasteiger partial charge in [0.25, 0.3) is 0 Å². The molecule has 0 aromatic carbocycles. The number of nitrogens with two attached hydrogens (primary N) is 1. The van der Waals surface area contributed by atoms with Gasteiger partial charge in [0.15, 0.2) is 0 Å². The average Bonchev–Trinajstić information content (AvgIpc) is 3.40. The second kappa shape index (κ2) is 10.1. The molecule has 1 unspecified atom stereocenters. The Labute approximate surface area is 161 Å². The van der Waals surface area contributed by atoms with Crippen LogP contribution in [0, 0.1) is 0 Å². The van der Waals surface area contributed by atoms with Gasteiger partial charge in [-0.05, 0) is 49.9 Å². The Hall–Kier alpha value is -2.35. The summed E-state index contributed by atoms with van der Waals surface area (Å²) in [7, 11) is 0. The molecule has 27 heavy (non-hydrogen) atoms. The summed E-state index contributed by atoms with van der Waals surface area (Å²) in [4.78, 5) is 4.08. The zero-order chi connectivity index (χ0) is 18.9. The zero-order valence-corrected chi connectivity index (χ0v) is 15.9. The summed E-state index contributed by atoms with van der Waals surface area (Å²) < 4.78 is 7.99. The number of imidazole rings is 1. The van der Waals surface area contributed by atoms with Gasteiger partial charge in [-0.15, -0.1) is 0 Å². The Balaban J connectivity index is 1.63. The van der Waals surface area contributed by atoms with Crippen LogP contribution < -0.4 is 11.2 Å². The minimum atomic E-state index is -0.0242. The Morgan fingerprint density at radius 2 is 2.26 bits per heavy atom. The lowest BCUT2D eigenvalue weighted by molar-refractivity contribution is 0.0799. The topological polar surface area (TPSA) is 93.1 Å². The number of rotatable bonds is 10. The minimum absolute atomic E-state index is 0.0242. The first kappa shape index (κ1) is 19.4. The van der Waals surface area contributed by atoms with Crippen molar-refractivity contribution in [1.82, 2.24) is 19.9 Å². The molecule has 2 aliphatic rings. The molecule has 2 atom stereocenters. The van der Waals surface area contributed by atoms with Crippen molar-refractivity contribution in [3.63, 3.8) is 0 Å². The third-order valence-corrected chi connectivity index (χ3v) is 5.33. The third-order valence-electron chi connectivity index (χ3n) is 5.33. The number of allylic oxidation sites excluding steroid dienone is 1. The SMILES string of the molecule is C=C(C(NCCCn1ccnc1)[C@@H]1CCC=CO1)N(/N=N\N)C1CCCC1. The van der Waals surface area contributed by atoms with E-state index in [1.54, 1.807) is 12.5 Å². The quantitative estimate of drug-likeness (QED) is 0.285. The van der Waals surface area contributed by atoms with Crippen LogP contribution in [0.1, 0.15) is 44.9 Å². The maximum absolute atomic E-state index is 5.91. The predicted molar refractivity (Wildman–Crippen MR) is 104 cm³/mol. The number of nitrogens with one attached hydrogen (secondary N) is 1. The molecule has 1 fully saturated rings. The van der Waals surface area contributed by atoms with Gasteiger partial charge in [0.1, 0.15) is 6.10 Å². The van der Waals surface area contributed by atoms with Gasteiger partial charge in [0, 0.05) is 18.9 Å². The van der Waals surface area contributed by atoms with E-state index in [9.17, 15) is 0 Å². The van der Waals surface area contributed by atoms with Crippen molar-refractivity contribution in [2.45, 2.75) is 69.7 Å². The molecule has 0 amide bonds. The lowest BCUT2D eigenvalue weighted by Gasteiger charge is -2.36. The van der Waals surface area contributed by atoms with Gasteiger partial charge in [-0.1, -0.05) is 24.6 Å². The molecule has 3 N–H and O–H groups in total. The van der Waals surface area contributed by atoms with Gasteiger partial charge >= 0.3 is 0 Å². The molecule has 3 rings (SSSR count). The maximum Gasteiger partial charge on any atom is 0.119 e. The number of aryl methyl sites for hydroxylation is 1. The molecule has 1 aliphatic heterocycles. The first-order chi connectivity index (χ1) is 13.3. The van der Waals surface area contributed by atoms with Gasteiger partial charge in [0.05, 0.1) is 30.4 Å². The molecule has 1 aliphatic carbocycles. The van der Waals surface area contributed by atoms with Crippen molar-refractivity contribution in [3.8, 4) is 0 Å². The molecule has 8 heteroatoms. The number of nitrogens with zero attached hydrogens (tertiary/aromatic N) is 5. The van der Waals surface area contributed by atoms with Crippen LogP contribution in [0.5, 0.6) is 0 Å². The predicted octanol–water partition coefficient (Wildman–Crippen LogP) is 2.92. The van der Waals surface area contributed by atoms with E-state index in [4.69, 9.17) is 10.6 Å². The first-order valence-corrected chi connectivity index (χ1v) is 9.88. The zero-order valence-electron chi connectivity index (χ0n) is 15.9. The van der Waals surface area contributed by atoms with E-state index < -0.39 is 0 Å². The Morgan fingerprint density at radius 1 is 1.41 bits per heavy atom. The van der Waals surface area contributed by atoms with E-state index in [2.05, 4.69) is 38.0 Å². The summed E-state index contributed by atoms with van der Waals surface area (Å²) in [6.07, 6.45) is 17.1. The summed E-state index contributed by atoms with van der Waals surface area (Å²) in [6, 6.07) is 0.294. The van der Waals surface area contributed by atoms with Crippen molar-refractivity contribution >= 4 is 0 Å². The molecular weight excluding hydrogens is 342 g/mol. The van der Waals surface area contributed by atoms with Crippen LogP contribution in [0.2, 0.25) is 0 Å². The van der Waals surface area contributed by atoms with E-state index >= 15 is 0 Å². The molecule has 2 heterocycles. The first-order valence-electron chi connectivity index (χ1n) is 9.88. The summed E-state index contributed by atoms with van der Waals surface area (Å²) in [5.41, 5.74) is 0.888. The van der Waals surface area contributed by atoms with Crippen molar-refractivity contribution < 1.29 is 4.74 Å². The molecule has 0 radical (unpaired) electrons. The van der Waals surface area contributed by atoms with Crippen LogP contribution in [0.4, 0.5) is 0 Å². The number of ether oxygens (including phenoxy) is 1. The second-order valence-corrected chi connectivity index (χ2v) is 7.19. The standard InChI is InChI=1S/C19H31N7O/c1-16(26(24-23-20)17-7-2-3-8-17)19(18-9-4-5-14-27-18)22-10-6-12-25-13-11-21-15-25/h5,11,13-15,17-19,22H,1-4,6-10,12H2,(H2,20,24)/t18-,19?/m0/s1. The maximum atomic E-state index is 5.91. The van der Waals surface area contributed by atoms with Crippen LogP contribution in [-0.4, -0.2) is 39.3 Å². The van der Waals surface area contributed by atoms with Crippen molar-refractivity contribution in [2.24, 2.45) is 16.3 Å². The highest BCUT2D eigenvalue weighted by Crippen LogP contribution is 2.29. The minimum Gasteiger partial charge on any atom is -0.496 e. The summed E-state index contributed by atoms with van der Waals surface area (Å²) in [6.45, 7) is 6.13. The normalized spacial score (nSPS) is 21.4. The van der Waals surface area contributed by atoms with Crippen molar-refractivity contribution in [2.75, 3.05) is 6.54 Å². The highest BCUT2D eigenvalue weighted by atomic mass is 16.5. The summed E-state index contributed by atoms with van der Waals surface area (Å²) in [5.74, 6) is 5.39. The van der Waals surface area contributed by atoms with E-state index in [0.29, 0.717) is 6.04 Å². The van der Waals surface area contributed by atoms with Gasteiger partial charge < -0.3 is 20.5 Å². The van der Waals surface area contributed by atoms with E-state index in [0.717, 1.165) is 50.9 Å². The molecule has 148 valence electrons. The summed E-state index contributed by atoms with van der Waals surface area (Å²) in [5, 5.41) is 13.3. The monoisotopic (exact) mass is 373 g/mol. The third kappa shape index (κ3) is 5.32. The van der Waals surface area contributed by atoms with Crippen LogP contribution in [0.15, 0.2) is 53.8 Å². The molecule has 1 aromatic rings. The van der Waals surface area contributed by atoms with Gasteiger partial charge in [-0.2, -0.15) is 0 Å². The van der Waals surface area contributed by atoms with Gasteiger partial charge in [-0.3, -0.25) is 0 Å². The van der Waals surface area contributed by atoms with E-state index in [-0.39, 0.29) is 12.1 Å². The fraction of sp³-hybridized carbons (Fsp3) is 0.632. The van der Waals surface area contributed by atoms with Crippen molar-refractivity contribution in [1.29, 1.82) is 0 Å². The smallest absolute Gasteiger partial charge is 0.119 e.